The van der Waals surface area contributed by atoms with Gasteiger partial charge in [0.25, 0.3) is 0 Å². The summed E-state index contributed by atoms with van der Waals surface area (Å²) in [6.07, 6.45) is 2.97. The first-order valence-electron chi connectivity index (χ1n) is 7.05. The first-order chi connectivity index (χ1) is 9.83. The quantitative estimate of drug-likeness (QED) is 0.724. The normalized spacial score (nSPS) is 32.4. The highest BCUT2D eigenvalue weighted by atomic mass is 79.9. The van der Waals surface area contributed by atoms with Crippen molar-refractivity contribution >= 4 is 21.5 Å². The van der Waals surface area contributed by atoms with Crippen LogP contribution in [0.4, 0.5) is 0 Å². The molecule has 2 heteroatoms. The molecule has 98 valence electrons. The number of rotatable bonds is 1. The molecule has 0 saturated carbocycles. The predicted octanol–water partition coefficient (Wildman–Crippen LogP) is 4.90. The number of halogens is 1. The van der Waals surface area contributed by atoms with E-state index in [2.05, 4.69) is 70.5 Å². The second-order valence-corrected chi connectivity index (χ2v) is 6.75. The van der Waals surface area contributed by atoms with Gasteiger partial charge in [0.05, 0.1) is 12.2 Å². The van der Waals surface area contributed by atoms with E-state index in [9.17, 15) is 0 Å². The van der Waals surface area contributed by atoms with Gasteiger partial charge < -0.3 is 4.74 Å². The molecule has 20 heavy (non-hydrogen) atoms. The molecule has 0 aromatic heterocycles. The molecule has 2 bridgehead atoms. The molecule has 4 atom stereocenters. The highest BCUT2D eigenvalue weighted by Crippen LogP contribution is 2.65. The van der Waals surface area contributed by atoms with E-state index in [4.69, 9.17) is 4.74 Å². The Morgan fingerprint density at radius 1 is 0.850 bits per heavy atom. The smallest absolute Gasteiger partial charge is 0.0912 e. The van der Waals surface area contributed by atoms with E-state index in [1.54, 1.807) is 0 Å². The van der Waals surface area contributed by atoms with Crippen LogP contribution in [0.1, 0.15) is 28.9 Å². The Bertz CT molecular complexity index is 731. The Balaban J connectivity index is 1.56. The molecule has 0 radical (unpaired) electrons. The third-order valence-electron chi connectivity index (χ3n) is 4.90. The van der Waals surface area contributed by atoms with Crippen molar-refractivity contribution in [3.8, 4) is 0 Å². The average Bonchev–Trinajstić information content (AvgIpc) is 2.93. The summed E-state index contributed by atoms with van der Waals surface area (Å²) in [7, 11) is 0. The first-order valence-corrected chi connectivity index (χ1v) is 7.84. The maximum Gasteiger partial charge on any atom is 0.0912 e. The molecule has 1 fully saturated rings. The van der Waals surface area contributed by atoms with E-state index >= 15 is 0 Å². The monoisotopic (exact) mass is 324 g/mol. The van der Waals surface area contributed by atoms with Gasteiger partial charge in [-0.05, 0) is 34.4 Å². The topological polar surface area (TPSA) is 9.23 Å². The van der Waals surface area contributed by atoms with Gasteiger partial charge in [-0.2, -0.15) is 0 Å². The maximum absolute atomic E-state index is 6.24. The average molecular weight is 325 g/mol. The minimum Gasteiger partial charge on any atom is -0.364 e. The minimum absolute atomic E-state index is 0.268. The summed E-state index contributed by atoms with van der Waals surface area (Å²) in [6.45, 7) is 0. The lowest BCUT2D eigenvalue weighted by molar-refractivity contribution is 0.0626. The van der Waals surface area contributed by atoms with Crippen molar-refractivity contribution in [1.82, 2.24) is 0 Å². The Hall–Kier alpha value is -1.38. The molecule has 2 aromatic carbocycles. The van der Waals surface area contributed by atoms with Gasteiger partial charge >= 0.3 is 0 Å². The van der Waals surface area contributed by atoms with E-state index in [1.165, 1.54) is 22.3 Å². The largest absolute Gasteiger partial charge is 0.364 e. The molecule has 1 aliphatic carbocycles. The van der Waals surface area contributed by atoms with Gasteiger partial charge in [0.1, 0.15) is 0 Å². The maximum atomic E-state index is 6.24. The standard InChI is InChI=1S/C18H13BrO/c19-11-7-5-10(6-8-11)14-9-15-16(14)18-13-4-2-1-3-12(13)17(15)20-18/h1-9,15-18H/t15-,16+,17+,18-/m0/s1. The summed E-state index contributed by atoms with van der Waals surface area (Å²) in [4.78, 5) is 0. The summed E-state index contributed by atoms with van der Waals surface area (Å²) in [5.41, 5.74) is 5.61. The highest BCUT2D eigenvalue weighted by Gasteiger charge is 2.56. The zero-order valence-corrected chi connectivity index (χ0v) is 12.4. The fraction of sp³-hybridized carbons (Fsp3) is 0.222. The second-order valence-electron chi connectivity index (χ2n) is 5.84. The van der Waals surface area contributed by atoms with Crippen molar-refractivity contribution < 1.29 is 4.74 Å². The summed E-state index contributed by atoms with van der Waals surface area (Å²) >= 11 is 3.50. The zero-order chi connectivity index (χ0) is 13.3. The minimum atomic E-state index is 0.268. The van der Waals surface area contributed by atoms with Crippen molar-refractivity contribution in [3.05, 3.63) is 75.8 Å². The van der Waals surface area contributed by atoms with Crippen molar-refractivity contribution in [3.63, 3.8) is 0 Å². The van der Waals surface area contributed by atoms with Crippen LogP contribution < -0.4 is 0 Å². The lowest BCUT2D eigenvalue weighted by atomic mass is 9.63. The number of fused-ring (bicyclic) bond motifs is 8. The molecule has 1 nitrogen and oxygen atoms in total. The summed E-state index contributed by atoms with van der Waals surface area (Å²) in [6, 6.07) is 17.3. The van der Waals surface area contributed by atoms with E-state index in [0.29, 0.717) is 17.9 Å². The fourth-order valence-electron chi connectivity index (χ4n) is 3.99. The molecule has 2 aliphatic heterocycles. The molecule has 0 N–H and O–H groups in total. The van der Waals surface area contributed by atoms with Crippen LogP contribution in [0.15, 0.2) is 59.1 Å². The molecule has 2 aromatic rings. The van der Waals surface area contributed by atoms with Gasteiger partial charge in [0, 0.05) is 16.3 Å². The van der Waals surface area contributed by atoms with Crippen molar-refractivity contribution in [2.45, 2.75) is 12.2 Å². The van der Waals surface area contributed by atoms with Gasteiger partial charge in [-0.25, -0.2) is 0 Å². The number of hydrogen-bond donors (Lipinski definition) is 0. The van der Waals surface area contributed by atoms with Crippen LogP contribution in [-0.4, -0.2) is 0 Å². The Kier molecular flexibility index (Phi) is 2.17. The third kappa shape index (κ3) is 1.31. The fourth-order valence-corrected chi connectivity index (χ4v) is 4.26. The third-order valence-corrected chi connectivity index (χ3v) is 5.43. The van der Waals surface area contributed by atoms with Crippen LogP contribution in [0.2, 0.25) is 0 Å². The summed E-state index contributed by atoms with van der Waals surface area (Å²) in [5, 5.41) is 0. The van der Waals surface area contributed by atoms with E-state index < -0.39 is 0 Å². The summed E-state index contributed by atoms with van der Waals surface area (Å²) in [5.74, 6) is 1.13. The van der Waals surface area contributed by atoms with Crippen LogP contribution >= 0.6 is 15.9 Å². The molecule has 5 rings (SSSR count). The van der Waals surface area contributed by atoms with Gasteiger partial charge in [-0.15, -0.1) is 0 Å². The van der Waals surface area contributed by atoms with Gasteiger partial charge in [-0.3, -0.25) is 0 Å². The van der Waals surface area contributed by atoms with Crippen molar-refractivity contribution in [2.24, 2.45) is 11.8 Å². The van der Waals surface area contributed by atoms with Crippen molar-refractivity contribution in [1.29, 1.82) is 0 Å². The Morgan fingerprint density at radius 3 is 2.30 bits per heavy atom. The number of hydrogen-bond acceptors (Lipinski definition) is 1. The Morgan fingerprint density at radius 2 is 1.55 bits per heavy atom. The lowest BCUT2D eigenvalue weighted by Gasteiger charge is -2.37. The van der Waals surface area contributed by atoms with E-state index in [-0.39, 0.29) is 6.10 Å². The molecular weight excluding hydrogens is 312 g/mol. The highest BCUT2D eigenvalue weighted by molar-refractivity contribution is 9.10. The molecule has 0 amide bonds. The van der Waals surface area contributed by atoms with Crippen molar-refractivity contribution in [2.75, 3.05) is 0 Å². The molecular formula is C18H13BrO. The lowest BCUT2D eigenvalue weighted by Crippen LogP contribution is -2.29. The van der Waals surface area contributed by atoms with E-state index in [0.717, 1.165) is 4.47 Å². The van der Waals surface area contributed by atoms with Crippen LogP contribution in [0, 0.1) is 11.8 Å². The van der Waals surface area contributed by atoms with E-state index in [1.807, 2.05) is 0 Å². The molecule has 2 heterocycles. The SMILES string of the molecule is Brc1ccc(C2=C[C@H]3[C@@H]2[C@H]2O[C@@H]3c3ccccc32)cc1. The van der Waals surface area contributed by atoms with Gasteiger partial charge in [-0.1, -0.05) is 58.4 Å². The van der Waals surface area contributed by atoms with Crippen LogP contribution in [-0.2, 0) is 4.74 Å². The van der Waals surface area contributed by atoms with Crippen LogP contribution in [0.3, 0.4) is 0 Å². The molecule has 0 spiro atoms. The molecule has 1 saturated heterocycles. The second kappa shape index (κ2) is 3.84. The van der Waals surface area contributed by atoms with Crippen LogP contribution in [0.25, 0.3) is 5.57 Å². The number of ether oxygens (including phenoxy) is 1. The Labute approximate surface area is 126 Å². The molecule has 0 unspecified atom stereocenters. The predicted molar refractivity (Wildman–Crippen MR) is 82.1 cm³/mol. The first kappa shape index (κ1) is 11.3. The van der Waals surface area contributed by atoms with Gasteiger partial charge in [0.2, 0.25) is 0 Å². The zero-order valence-electron chi connectivity index (χ0n) is 10.8. The van der Waals surface area contributed by atoms with Gasteiger partial charge in [0.15, 0.2) is 0 Å². The van der Waals surface area contributed by atoms with Crippen LogP contribution in [0.5, 0.6) is 0 Å². The summed E-state index contributed by atoms with van der Waals surface area (Å²) < 4.78 is 7.38. The molecule has 3 aliphatic rings. The number of benzene rings is 2.